The highest BCUT2D eigenvalue weighted by Crippen LogP contribution is 2.24. The summed E-state index contributed by atoms with van der Waals surface area (Å²) in [6, 6.07) is 5.49. The summed E-state index contributed by atoms with van der Waals surface area (Å²) in [4.78, 5) is 17.5. The van der Waals surface area contributed by atoms with Crippen molar-refractivity contribution in [1.82, 2.24) is 19.2 Å². The van der Waals surface area contributed by atoms with Crippen LogP contribution in [0, 0.1) is 0 Å². The summed E-state index contributed by atoms with van der Waals surface area (Å²) in [7, 11) is -3.53. The largest absolute Gasteiger partial charge is 0.353 e. The van der Waals surface area contributed by atoms with E-state index in [-0.39, 0.29) is 10.8 Å². The van der Waals surface area contributed by atoms with Crippen LogP contribution in [-0.2, 0) is 27.8 Å². The van der Waals surface area contributed by atoms with Gasteiger partial charge in [-0.15, -0.1) is 0 Å². The van der Waals surface area contributed by atoms with Crippen molar-refractivity contribution in [2.75, 3.05) is 13.1 Å². The number of imidazole rings is 1. The predicted octanol–water partition coefficient (Wildman–Crippen LogP) is 3.86. The van der Waals surface area contributed by atoms with Crippen LogP contribution < -0.4 is 5.32 Å². The van der Waals surface area contributed by atoms with Gasteiger partial charge in [0.05, 0.1) is 15.9 Å². The number of aryl methyl sites for hydroxylation is 2. The first-order chi connectivity index (χ1) is 14.9. The molecule has 0 unspecified atom stereocenters. The van der Waals surface area contributed by atoms with E-state index in [0.717, 1.165) is 37.1 Å². The number of rotatable bonds is 10. The third kappa shape index (κ3) is 5.47. The number of carbonyl (C=O) groups excluding carboxylic acids is 1. The third-order valence-corrected chi connectivity index (χ3v) is 8.18. The fourth-order valence-corrected chi connectivity index (χ4v) is 5.95. The van der Waals surface area contributed by atoms with Crippen LogP contribution in [0.5, 0.6) is 0 Å². The van der Waals surface area contributed by atoms with E-state index in [0.29, 0.717) is 37.5 Å². The summed E-state index contributed by atoms with van der Waals surface area (Å²) >= 11 is 0. The summed E-state index contributed by atoms with van der Waals surface area (Å²) < 4.78 is 29.4. The normalized spacial score (nSPS) is 15.6. The fraction of sp³-hybridized carbons (Fsp3) is 0.652. The average molecular weight is 449 g/mol. The second-order valence-corrected chi connectivity index (χ2v) is 10.3. The van der Waals surface area contributed by atoms with E-state index in [1.165, 1.54) is 23.6 Å². The van der Waals surface area contributed by atoms with E-state index in [1.807, 2.05) is 19.9 Å². The van der Waals surface area contributed by atoms with Crippen molar-refractivity contribution in [3.63, 3.8) is 0 Å². The van der Waals surface area contributed by atoms with Crippen LogP contribution in [0.2, 0.25) is 0 Å². The number of nitrogens with zero attached hydrogens (tertiary/aromatic N) is 3. The van der Waals surface area contributed by atoms with E-state index in [2.05, 4.69) is 16.8 Å². The zero-order valence-corrected chi connectivity index (χ0v) is 19.9. The Kier molecular flexibility index (Phi) is 8.11. The van der Waals surface area contributed by atoms with Crippen LogP contribution in [0.25, 0.3) is 11.0 Å². The monoisotopic (exact) mass is 448 g/mol. The van der Waals surface area contributed by atoms with Gasteiger partial charge in [0.25, 0.3) is 0 Å². The van der Waals surface area contributed by atoms with Crippen LogP contribution in [0.4, 0.5) is 0 Å². The van der Waals surface area contributed by atoms with E-state index in [4.69, 9.17) is 4.98 Å². The Morgan fingerprint density at radius 1 is 1.16 bits per heavy atom. The Labute approximate surface area is 186 Å². The van der Waals surface area contributed by atoms with Crippen molar-refractivity contribution < 1.29 is 13.2 Å². The van der Waals surface area contributed by atoms with Crippen molar-refractivity contribution in [3.05, 3.63) is 24.0 Å². The maximum Gasteiger partial charge on any atom is 0.243 e. The van der Waals surface area contributed by atoms with Gasteiger partial charge in [0.2, 0.25) is 15.9 Å². The van der Waals surface area contributed by atoms with Crippen LogP contribution in [0.3, 0.4) is 0 Å². The predicted molar refractivity (Wildman–Crippen MR) is 123 cm³/mol. The van der Waals surface area contributed by atoms with Crippen LogP contribution in [-0.4, -0.2) is 47.3 Å². The molecule has 0 saturated heterocycles. The molecule has 1 N–H and O–H groups in total. The molecular formula is C23H36N4O3S. The van der Waals surface area contributed by atoms with Crippen molar-refractivity contribution in [2.24, 2.45) is 0 Å². The minimum absolute atomic E-state index is 0.0757. The molecule has 1 heterocycles. The third-order valence-electron chi connectivity index (χ3n) is 6.14. The average Bonchev–Trinajstić information content (AvgIpc) is 3.11. The lowest BCUT2D eigenvalue weighted by atomic mass is 9.95. The number of hydrogen-bond acceptors (Lipinski definition) is 4. The Bertz CT molecular complexity index is 990. The second kappa shape index (κ2) is 10.6. The van der Waals surface area contributed by atoms with Crippen molar-refractivity contribution in [1.29, 1.82) is 0 Å². The number of hydrogen-bond donors (Lipinski definition) is 1. The molecule has 0 spiro atoms. The zero-order valence-electron chi connectivity index (χ0n) is 19.1. The minimum Gasteiger partial charge on any atom is -0.353 e. The molecule has 172 valence electrons. The van der Waals surface area contributed by atoms with E-state index < -0.39 is 10.0 Å². The highest BCUT2D eigenvalue weighted by Gasteiger charge is 2.23. The number of aromatic nitrogens is 2. The summed E-state index contributed by atoms with van der Waals surface area (Å²) in [6.07, 6.45) is 7.67. The lowest BCUT2D eigenvalue weighted by Gasteiger charge is -2.22. The van der Waals surface area contributed by atoms with Gasteiger partial charge in [-0.25, -0.2) is 13.4 Å². The number of nitrogens with one attached hydrogen (secondary N) is 1. The number of carbonyl (C=O) groups is 1. The van der Waals surface area contributed by atoms with Gasteiger partial charge in [0.15, 0.2) is 0 Å². The first-order valence-corrected chi connectivity index (χ1v) is 13.1. The van der Waals surface area contributed by atoms with Crippen molar-refractivity contribution in [2.45, 2.75) is 89.6 Å². The van der Waals surface area contributed by atoms with Crippen molar-refractivity contribution in [3.8, 4) is 0 Å². The standard InChI is InChI=1S/C23H36N4O3S/c1-4-16-27-21-13-12-19(31(29,30)26(5-2)6-3)17-20(21)25-22(27)14-15-23(28)24-18-10-8-7-9-11-18/h12-13,17-18H,4-11,14-16H2,1-3H3,(H,24,28). The molecule has 0 aliphatic heterocycles. The molecule has 0 bridgehead atoms. The number of fused-ring (bicyclic) bond motifs is 1. The SMILES string of the molecule is CCCn1c(CCC(=O)NC2CCCCC2)nc2cc(S(=O)(=O)N(CC)CC)ccc21. The molecule has 1 aliphatic rings. The van der Waals surface area contributed by atoms with Crippen molar-refractivity contribution >= 4 is 27.0 Å². The molecule has 0 radical (unpaired) electrons. The number of amides is 1. The summed E-state index contributed by atoms with van der Waals surface area (Å²) in [5.74, 6) is 0.917. The molecule has 1 aromatic carbocycles. The lowest BCUT2D eigenvalue weighted by molar-refractivity contribution is -0.122. The quantitative estimate of drug-likeness (QED) is 0.598. The first-order valence-electron chi connectivity index (χ1n) is 11.7. The summed E-state index contributed by atoms with van der Waals surface area (Å²) in [6.45, 7) is 7.44. The van der Waals surface area contributed by atoms with Gasteiger partial charge in [0, 0.05) is 38.5 Å². The first kappa shape index (κ1) is 23.7. The molecule has 1 aromatic heterocycles. The minimum atomic E-state index is -3.53. The Morgan fingerprint density at radius 2 is 1.87 bits per heavy atom. The number of benzene rings is 1. The van der Waals surface area contributed by atoms with Crippen LogP contribution in [0.15, 0.2) is 23.1 Å². The Morgan fingerprint density at radius 3 is 2.52 bits per heavy atom. The van der Waals surface area contributed by atoms with E-state index in [9.17, 15) is 13.2 Å². The van der Waals surface area contributed by atoms with Gasteiger partial charge < -0.3 is 9.88 Å². The maximum absolute atomic E-state index is 12.9. The molecule has 1 amide bonds. The highest BCUT2D eigenvalue weighted by atomic mass is 32.2. The van der Waals surface area contributed by atoms with Gasteiger partial charge in [-0.05, 0) is 37.5 Å². The van der Waals surface area contributed by atoms with Crippen LogP contribution >= 0.6 is 0 Å². The molecule has 31 heavy (non-hydrogen) atoms. The Balaban J connectivity index is 1.80. The topological polar surface area (TPSA) is 84.3 Å². The second-order valence-electron chi connectivity index (χ2n) is 8.32. The van der Waals surface area contributed by atoms with Gasteiger partial charge >= 0.3 is 0 Å². The van der Waals surface area contributed by atoms with E-state index >= 15 is 0 Å². The summed E-state index contributed by atoms with van der Waals surface area (Å²) in [5, 5.41) is 3.17. The molecule has 2 aromatic rings. The molecule has 3 rings (SSSR count). The highest BCUT2D eigenvalue weighted by molar-refractivity contribution is 7.89. The zero-order chi connectivity index (χ0) is 22.4. The maximum atomic E-state index is 12.9. The molecule has 1 fully saturated rings. The smallest absolute Gasteiger partial charge is 0.243 e. The van der Waals surface area contributed by atoms with Gasteiger partial charge in [-0.1, -0.05) is 40.0 Å². The molecular weight excluding hydrogens is 412 g/mol. The molecule has 0 atom stereocenters. The number of sulfonamides is 1. The Hall–Kier alpha value is -1.93. The molecule has 8 heteroatoms. The fourth-order valence-electron chi connectivity index (χ4n) is 4.47. The summed E-state index contributed by atoms with van der Waals surface area (Å²) in [5.41, 5.74) is 1.59. The molecule has 1 aliphatic carbocycles. The molecule has 1 saturated carbocycles. The molecule has 7 nitrogen and oxygen atoms in total. The lowest BCUT2D eigenvalue weighted by Crippen LogP contribution is -2.36. The van der Waals surface area contributed by atoms with E-state index in [1.54, 1.807) is 12.1 Å². The van der Waals surface area contributed by atoms with Gasteiger partial charge in [0.1, 0.15) is 5.82 Å². The van der Waals surface area contributed by atoms with Gasteiger partial charge in [-0.2, -0.15) is 4.31 Å². The van der Waals surface area contributed by atoms with Crippen LogP contribution in [0.1, 0.15) is 71.5 Å². The van der Waals surface area contributed by atoms with Gasteiger partial charge in [-0.3, -0.25) is 4.79 Å².